The van der Waals surface area contributed by atoms with E-state index in [1.54, 1.807) is 0 Å². The second-order valence-electron chi connectivity index (χ2n) is 18.9. The Labute approximate surface area is 456 Å². The normalized spacial score (nSPS) is 13.7. The van der Waals surface area contributed by atoms with E-state index >= 15 is 0 Å². The molecular weight excluding hydrogens is 1160 g/mol. The number of hydrogen-bond donors (Lipinski definition) is 0. The van der Waals surface area contributed by atoms with E-state index < -0.39 is 10.8 Å². The molecule has 2 heterocycles. The summed E-state index contributed by atoms with van der Waals surface area (Å²) in [6.07, 6.45) is 14.9. The van der Waals surface area contributed by atoms with Crippen molar-refractivity contribution in [1.82, 2.24) is 0 Å². The first kappa shape index (κ1) is 49.8. The first-order valence-corrected chi connectivity index (χ1v) is 29.9. The molecule has 2 aliphatic rings. The van der Waals surface area contributed by atoms with E-state index in [0.29, 0.717) is 0 Å². The van der Waals surface area contributed by atoms with Crippen molar-refractivity contribution in [1.29, 1.82) is 0 Å². The molecule has 0 spiro atoms. The quantitative estimate of drug-likeness (QED) is 0.0668. The van der Waals surface area contributed by atoms with Crippen molar-refractivity contribution in [3.8, 4) is 43.5 Å². The van der Waals surface area contributed by atoms with Gasteiger partial charge in [-0.2, -0.15) is 0 Å². The van der Waals surface area contributed by atoms with Crippen LogP contribution in [0.1, 0.15) is 134 Å². The van der Waals surface area contributed by atoms with E-state index in [-0.39, 0.29) is 0 Å². The summed E-state index contributed by atoms with van der Waals surface area (Å²) in [7, 11) is 0. The van der Waals surface area contributed by atoms with Gasteiger partial charge in [0.15, 0.2) is 0 Å². The van der Waals surface area contributed by atoms with Crippen molar-refractivity contribution in [2.45, 2.75) is 102 Å². The van der Waals surface area contributed by atoms with Gasteiger partial charge >= 0.3 is 0 Å². The Morgan fingerprint density at radius 2 is 0.671 bits per heavy atom. The summed E-state index contributed by atoms with van der Waals surface area (Å²) in [6, 6.07) is 54.7. The van der Waals surface area contributed by atoms with Gasteiger partial charge in [-0.15, -0.1) is 22.7 Å². The van der Waals surface area contributed by atoms with Gasteiger partial charge in [0, 0.05) is 37.4 Å². The van der Waals surface area contributed by atoms with Gasteiger partial charge < -0.3 is 9.47 Å². The van der Waals surface area contributed by atoms with E-state index in [4.69, 9.17) is 9.47 Å². The fourth-order valence-corrected chi connectivity index (χ4v) is 15.1. The number of benzene rings is 6. The second kappa shape index (κ2) is 22.2. The second-order valence-corrected chi connectivity index (χ2v) is 24.7. The first-order valence-electron chi connectivity index (χ1n) is 25.1. The van der Waals surface area contributed by atoms with Crippen LogP contribution in [0, 0.1) is 0 Å². The summed E-state index contributed by atoms with van der Waals surface area (Å²) in [5, 5.41) is 0. The molecule has 0 saturated heterocycles. The van der Waals surface area contributed by atoms with Gasteiger partial charge in [0.25, 0.3) is 0 Å². The molecule has 10 rings (SSSR count). The van der Waals surface area contributed by atoms with Crippen molar-refractivity contribution >= 4 is 86.4 Å². The number of halogens is 4. The monoisotopic (exact) mass is 1210 g/mol. The van der Waals surface area contributed by atoms with Crippen molar-refractivity contribution in [2.24, 2.45) is 0 Å². The highest BCUT2D eigenvalue weighted by Gasteiger charge is 2.49. The summed E-state index contributed by atoms with van der Waals surface area (Å²) >= 11 is 19.5. The minimum atomic E-state index is -0.555. The molecule has 0 fully saturated rings. The zero-order valence-corrected chi connectivity index (χ0v) is 47.9. The predicted octanol–water partition coefficient (Wildman–Crippen LogP) is 20.7. The Morgan fingerprint density at radius 1 is 0.357 bits per heavy atom. The molecule has 0 atom stereocenters. The molecule has 0 N–H and O–H groups in total. The van der Waals surface area contributed by atoms with Gasteiger partial charge in [-0.25, -0.2) is 0 Å². The van der Waals surface area contributed by atoms with Crippen molar-refractivity contribution < 1.29 is 9.47 Å². The van der Waals surface area contributed by atoms with Crippen LogP contribution >= 0.6 is 86.4 Å². The van der Waals surface area contributed by atoms with Crippen LogP contribution in [-0.2, 0) is 10.8 Å². The predicted molar refractivity (Wildman–Crippen MR) is 311 cm³/mol. The van der Waals surface area contributed by atoms with Crippen molar-refractivity contribution in [3.63, 3.8) is 0 Å². The van der Waals surface area contributed by atoms with Crippen LogP contribution in [0.3, 0.4) is 0 Å². The third kappa shape index (κ3) is 9.52. The van der Waals surface area contributed by atoms with Crippen LogP contribution in [0.4, 0.5) is 0 Å². The minimum absolute atomic E-state index is 0.555. The van der Waals surface area contributed by atoms with Crippen molar-refractivity contribution in [3.05, 3.63) is 207 Å². The van der Waals surface area contributed by atoms with E-state index in [9.17, 15) is 0 Å². The lowest BCUT2D eigenvalue weighted by Crippen LogP contribution is -2.27. The lowest BCUT2D eigenvalue weighted by Gasteiger charge is -2.33. The molecule has 8 aromatic rings. The van der Waals surface area contributed by atoms with Gasteiger partial charge in [-0.1, -0.05) is 190 Å². The Morgan fingerprint density at radius 3 is 1.00 bits per heavy atom. The highest BCUT2D eigenvalue weighted by Crippen LogP contribution is 2.61. The Kier molecular flexibility index (Phi) is 15.8. The van der Waals surface area contributed by atoms with Crippen LogP contribution in [0.2, 0.25) is 0 Å². The summed E-state index contributed by atoms with van der Waals surface area (Å²) in [5.41, 5.74) is 11.5. The molecule has 0 amide bonds. The maximum absolute atomic E-state index is 6.37. The SMILES string of the molecule is CCCCCCCCOc1ccc(C2(c3ccc(-c4ccc(C5(c6ccc(OCCCCCCCC)cc6)c6cc(Br)ccc6-c6ccc(Br)cc65)s4)s3)c3cc(Br)ccc3-c3ccc(Br)cc32)cc1. The third-order valence-electron chi connectivity index (χ3n) is 14.4. The van der Waals surface area contributed by atoms with E-state index in [1.165, 1.54) is 139 Å². The minimum Gasteiger partial charge on any atom is -0.494 e. The Balaban J connectivity index is 1.04. The van der Waals surface area contributed by atoms with Gasteiger partial charge in [-0.3, -0.25) is 0 Å². The molecule has 2 aliphatic carbocycles. The van der Waals surface area contributed by atoms with Gasteiger partial charge in [0.2, 0.25) is 0 Å². The molecule has 2 aromatic heterocycles. The largest absolute Gasteiger partial charge is 0.494 e. The average molecular weight is 1220 g/mol. The molecule has 0 saturated carbocycles. The van der Waals surface area contributed by atoms with Crippen LogP contribution in [0.5, 0.6) is 11.5 Å². The first-order chi connectivity index (χ1) is 34.2. The van der Waals surface area contributed by atoms with E-state index in [0.717, 1.165) is 55.4 Å². The molecule has 6 aromatic carbocycles. The summed E-state index contributed by atoms with van der Waals surface area (Å²) in [6.45, 7) is 6.02. The van der Waals surface area contributed by atoms with Crippen LogP contribution < -0.4 is 9.47 Å². The molecule has 8 heteroatoms. The Bertz CT molecular complexity index is 2780. The maximum Gasteiger partial charge on any atom is 0.119 e. The molecule has 0 bridgehead atoms. The number of unbranched alkanes of at least 4 members (excludes halogenated alkanes) is 10. The number of hydrogen-bond acceptors (Lipinski definition) is 4. The molecule has 2 nitrogen and oxygen atoms in total. The van der Waals surface area contributed by atoms with E-state index in [1.807, 2.05) is 22.7 Å². The van der Waals surface area contributed by atoms with Crippen LogP contribution in [0.25, 0.3) is 32.0 Å². The topological polar surface area (TPSA) is 18.5 Å². The average Bonchev–Trinajstić information content (AvgIpc) is 4.17. The fraction of sp³-hybridized carbons (Fsp3) is 0.290. The number of rotatable bonds is 21. The van der Waals surface area contributed by atoms with Gasteiger partial charge in [0.05, 0.1) is 24.0 Å². The Hall–Kier alpha value is -3.76. The lowest BCUT2D eigenvalue weighted by molar-refractivity contribution is 0.304. The molecule has 0 unspecified atom stereocenters. The fourth-order valence-electron chi connectivity index (χ4n) is 11.1. The van der Waals surface area contributed by atoms with Crippen LogP contribution in [-0.4, -0.2) is 13.2 Å². The van der Waals surface area contributed by atoms with Gasteiger partial charge in [0.1, 0.15) is 11.5 Å². The molecule has 358 valence electrons. The van der Waals surface area contributed by atoms with Crippen molar-refractivity contribution in [2.75, 3.05) is 13.2 Å². The summed E-state index contributed by atoms with van der Waals surface area (Å²) < 4.78 is 17.0. The highest BCUT2D eigenvalue weighted by atomic mass is 79.9. The number of ether oxygens (including phenoxy) is 2. The lowest BCUT2D eigenvalue weighted by atomic mass is 9.71. The van der Waals surface area contributed by atoms with Gasteiger partial charge in [-0.05, 0) is 166 Å². The zero-order chi connectivity index (χ0) is 48.2. The van der Waals surface area contributed by atoms with Crippen LogP contribution in [0.15, 0.2) is 163 Å². The molecule has 0 radical (unpaired) electrons. The number of fused-ring (bicyclic) bond motifs is 6. The third-order valence-corrected chi connectivity index (χ3v) is 19.0. The maximum atomic E-state index is 6.37. The smallest absolute Gasteiger partial charge is 0.119 e. The molecule has 0 aliphatic heterocycles. The molecule has 70 heavy (non-hydrogen) atoms. The zero-order valence-electron chi connectivity index (χ0n) is 39.9. The molecular formula is C62H58Br4O2S2. The summed E-state index contributed by atoms with van der Waals surface area (Å²) in [5.74, 6) is 1.84. The summed E-state index contributed by atoms with van der Waals surface area (Å²) in [4.78, 5) is 5.07. The number of thiophene rings is 2. The van der Waals surface area contributed by atoms with E-state index in [2.05, 4.69) is 223 Å². The standard InChI is InChI=1S/C62H58Br4O2S2/c1-3-5-7-9-11-13-35-67-47-23-15-41(16-24-47)61(53-37-43(63)19-27-49(53)50-28-20-44(64)38-54(50)61)59-33-31-57(69-59)58-32-34-60(70-58)62(42-17-25-48(26-18-42)68-36-14-12-10-8-6-4-2)55-39-45(65)21-29-51(55)52-30-22-46(66)40-56(52)62/h15-34,37-40H,3-14,35-36H2,1-2H3. The highest BCUT2D eigenvalue weighted by molar-refractivity contribution is 9.11.